The fourth-order valence-electron chi connectivity index (χ4n) is 6.23. The van der Waals surface area contributed by atoms with Crippen molar-refractivity contribution in [2.24, 2.45) is 0 Å². The zero-order chi connectivity index (χ0) is 28.2. The van der Waals surface area contributed by atoms with Crippen molar-refractivity contribution < 1.29 is 17.6 Å². The number of benzene rings is 1. The molecule has 2 bridgehead atoms. The van der Waals surface area contributed by atoms with Gasteiger partial charge < -0.3 is 16.0 Å². The number of nitrogens with zero attached hydrogens (tertiary/aromatic N) is 5. The Labute approximate surface area is 231 Å². The molecule has 2 fully saturated rings. The van der Waals surface area contributed by atoms with Gasteiger partial charge in [-0.1, -0.05) is 18.2 Å². The molecule has 3 N–H and O–H groups in total. The van der Waals surface area contributed by atoms with Gasteiger partial charge in [0.15, 0.2) is 15.5 Å². The third-order valence-electron chi connectivity index (χ3n) is 7.94. The lowest BCUT2D eigenvalue weighted by Crippen LogP contribution is -2.50. The van der Waals surface area contributed by atoms with E-state index >= 15 is 0 Å². The number of hydrogen-bond acceptors (Lipinski definition) is 7. The van der Waals surface area contributed by atoms with Crippen molar-refractivity contribution in [2.75, 3.05) is 18.5 Å². The summed E-state index contributed by atoms with van der Waals surface area (Å²) in [6.07, 6.45) is 7.25. The summed E-state index contributed by atoms with van der Waals surface area (Å²) < 4.78 is 41.6. The third kappa shape index (κ3) is 4.36. The maximum atomic E-state index is 14.3. The van der Waals surface area contributed by atoms with E-state index in [-0.39, 0.29) is 40.6 Å². The maximum absolute atomic E-state index is 14.3. The quantitative estimate of drug-likeness (QED) is 0.374. The molecule has 0 aliphatic carbocycles. The van der Waals surface area contributed by atoms with Gasteiger partial charge in [0.2, 0.25) is 0 Å². The number of carbonyl (C=O) groups excluding carboxylic acids is 1. The lowest BCUT2D eigenvalue weighted by molar-refractivity contribution is 0.137. The van der Waals surface area contributed by atoms with Crippen LogP contribution in [0.15, 0.2) is 53.7 Å². The molecule has 2 aliphatic rings. The number of sulfone groups is 1. The monoisotopic (exact) mass is 563 g/mol. The summed E-state index contributed by atoms with van der Waals surface area (Å²) in [6, 6.07) is 9.88. The van der Waals surface area contributed by atoms with Crippen molar-refractivity contribution >= 4 is 27.3 Å². The molecule has 2 aliphatic heterocycles. The molecule has 0 spiro atoms. The second-order valence-corrected chi connectivity index (χ2v) is 12.4. The molecule has 208 valence electrons. The SMILES string of the molecule is CCNC(=O)N1[C@@H]2CC[C@H]1C[C@H](c1nc3c(-c4ccc(-c5ccccc5F)nc4)cnn3c(N)c1S(C)(=O)=O)C2. The maximum Gasteiger partial charge on any atom is 0.317 e. The van der Waals surface area contributed by atoms with Gasteiger partial charge in [0, 0.05) is 53.7 Å². The Bertz CT molecular complexity index is 1710. The van der Waals surface area contributed by atoms with Gasteiger partial charge in [-0.2, -0.15) is 9.61 Å². The zero-order valence-corrected chi connectivity index (χ0v) is 23.0. The average Bonchev–Trinajstić information content (AvgIpc) is 3.46. The first-order valence-electron chi connectivity index (χ1n) is 13.3. The Kier molecular flexibility index (Phi) is 6.44. The summed E-state index contributed by atoms with van der Waals surface area (Å²) in [5.41, 5.74) is 9.49. The summed E-state index contributed by atoms with van der Waals surface area (Å²) in [7, 11) is -3.74. The van der Waals surface area contributed by atoms with Crippen LogP contribution >= 0.6 is 0 Å². The summed E-state index contributed by atoms with van der Waals surface area (Å²) >= 11 is 0. The first-order valence-corrected chi connectivity index (χ1v) is 15.2. The van der Waals surface area contributed by atoms with Gasteiger partial charge >= 0.3 is 6.03 Å². The van der Waals surface area contributed by atoms with Crippen LogP contribution in [0.2, 0.25) is 0 Å². The number of nitrogens with two attached hydrogens (primary N) is 1. The summed E-state index contributed by atoms with van der Waals surface area (Å²) in [5, 5.41) is 7.26. The van der Waals surface area contributed by atoms with Crippen molar-refractivity contribution in [3.63, 3.8) is 0 Å². The largest absolute Gasteiger partial charge is 0.382 e. The standard InChI is InChI=1S/C28H30FN7O3S/c1-3-31-28(37)35-18-9-10-19(35)13-17(12-18)24-25(40(2,38)39)26(30)36-27(34-24)21(15-33-36)16-8-11-23(32-14-16)20-6-4-5-7-22(20)29/h4-8,11,14-15,17-19H,3,9-10,12-13,30H2,1-2H3,(H,31,37)/t17-,18-,19+. The highest BCUT2D eigenvalue weighted by Gasteiger charge is 2.45. The van der Waals surface area contributed by atoms with Crippen molar-refractivity contribution in [3.8, 4) is 22.4 Å². The lowest BCUT2D eigenvalue weighted by Gasteiger charge is -2.39. The van der Waals surface area contributed by atoms with E-state index in [4.69, 9.17) is 10.7 Å². The van der Waals surface area contributed by atoms with Crippen LogP contribution in [0.3, 0.4) is 0 Å². The summed E-state index contributed by atoms with van der Waals surface area (Å²) in [5.74, 6) is -0.550. The van der Waals surface area contributed by atoms with Crippen LogP contribution in [-0.4, -0.2) is 63.8 Å². The first kappa shape index (κ1) is 26.2. The number of nitrogens with one attached hydrogen (secondary N) is 1. The highest BCUT2D eigenvalue weighted by Crippen LogP contribution is 2.45. The number of hydrogen-bond donors (Lipinski definition) is 2. The molecular formula is C28H30FN7O3S. The second-order valence-electron chi connectivity index (χ2n) is 10.5. The van der Waals surface area contributed by atoms with Gasteiger partial charge in [0.05, 0.1) is 17.6 Å². The Morgan fingerprint density at radius 3 is 2.45 bits per heavy atom. The number of halogens is 1. The molecule has 1 aromatic carbocycles. The Morgan fingerprint density at radius 2 is 1.82 bits per heavy atom. The number of fused-ring (bicyclic) bond motifs is 3. The number of pyridine rings is 1. The van der Waals surface area contributed by atoms with Gasteiger partial charge in [-0.3, -0.25) is 4.98 Å². The Morgan fingerprint density at radius 1 is 1.10 bits per heavy atom. The number of amides is 2. The van der Waals surface area contributed by atoms with Gasteiger partial charge in [-0.25, -0.2) is 22.6 Å². The number of aromatic nitrogens is 4. The van der Waals surface area contributed by atoms with Crippen LogP contribution in [0.1, 0.15) is 44.2 Å². The molecule has 2 saturated heterocycles. The molecule has 0 saturated carbocycles. The van der Waals surface area contributed by atoms with Gasteiger partial charge in [0.1, 0.15) is 16.5 Å². The fourth-order valence-corrected chi connectivity index (χ4v) is 7.29. The minimum absolute atomic E-state index is 0.00136. The topological polar surface area (TPSA) is 136 Å². The number of carbonyl (C=O) groups is 1. The number of piperidine rings is 1. The van der Waals surface area contributed by atoms with Crippen LogP contribution < -0.4 is 11.1 Å². The Hall–Kier alpha value is -4.06. The minimum Gasteiger partial charge on any atom is -0.382 e. The van der Waals surface area contributed by atoms with Crippen molar-refractivity contribution in [2.45, 2.75) is 55.5 Å². The summed E-state index contributed by atoms with van der Waals surface area (Å²) in [6.45, 7) is 2.43. The zero-order valence-electron chi connectivity index (χ0n) is 22.2. The predicted molar refractivity (Wildman–Crippen MR) is 149 cm³/mol. The van der Waals surface area contributed by atoms with Crippen LogP contribution in [-0.2, 0) is 9.84 Å². The van der Waals surface area contributed by atoms with E-state index in [1.54, 1.807) is 42.7 Å². The van der Waals surface area contributed by atoms with Gasteiger partial charge in [0.25, 0.3) is 0 Å². The van der Waals surface area contributed by atoms with Crippen LogP contribution in [0, 0.1) is 5.82 Å². The van der Waals surface area contributed by atoms with E-state index in [1.807, 2.05) is 11.8 Å². The Balaban J connectivity index is 1.42. The highest BCUT2D eigenvalue weighted by atomic mass is 32.2. The molecule has 6 rings (SSSR count). The molecule has 0 radical (unpaired) electrons. The highest BCUT2D eigenvalue weighted by molar-refractivity contribution is 7.91. The normalized spacial score (nSPS) is 20.7. The van der Waals surface area contributed by atoms with Gasteiger partial charge in [-0.05, 0) is 50.8 Å². The van der Waals surface area contributed by atoms with Crippen molar-refractivity contribution in [3.05, 3.63) is 60.3 Å². The molecule has 2 amide bonds. The summed E-state index contributed by atoms with van der Waals surface area (Å²) in [4.78, 5) is 23.9. The van der Waals surface area contributed by atoms with Crippen LogP contribution in [0.25, 0.3) is 28.0 Å². The van der Waals surface area contributed by atoms with E-state index in [9.17, 15) is 17.6 Å². The fraction of sp³-hybridized carbons (Fsp3) is 0.357. The van der Waals surface area contributed by atoms with Crippen LogP contribution in [0.5, 0.6) is 0 Å². The smallest absolute Gasteiger partial charge is 0.317 e. The molecule has 40 heavy (non-hydrogen) atoms. The van der Waals surface area contributed by atoms with Crippen molar-refractivity contribution in [1.82, 2.24) is 29.8 Å². The molecule has 10 nitrogen and oxygen atoms in total. The van der Waals surface area contributed by atoms with E-state index in [1.165, 1.54) is 10.6 Å². The van der Waals surface area contributed by atoms with E-state index in [2.05, 4.69) is 15.4 Å². The van der Waals surface area contributed by atoms with E-state index in [0.717, 1.165) is 19.1 Å². The molecule has 0 unspecified atom stereocenters. The number of rotatable bonds is 5. The number of nitrogen functional groups attached to an aromatic ring is 1. The first-order chi connectivity index (χ1) is 19.2. The molecule has 5 heterocycles. The van der Waals surface area contributed by atoms with E-state index < -0.39 is 9.84 Å². The lowest BCUT2D eigenvalue weighted by atomic mass is 9.88. The molecule has 3 atom stereocenters. The van der Waals surface area contributed by atoms with Gasteiger partial charge in [-0.15, -0.1) is 0 Å². The second kappa shape index (κ2) is 9.84. The average molecular weight is 564 g/mol. The number of anilines is 1. The molecule has 12 heteroatoms. The van der Waals surface area contributed by atoms with Crippen LogP contribution in [0.4, 0.5) is 15.0 Å². The van der Waals surface area contributed by atoms with Crippen molar-refractivity contribution in [1.29, 1.82) is 0 Å². The molecule has 4 aromatic rings. The number of urea groups is 1. The molecular weight excluding hydrogens is 533 g/mol. The minimum atomic E-state index is -3.74. The van der Waals surface area contributed by atoms with E-state index in [0.29, 0.717) is 53.1 Å². The predicted octanol–water partition coefficient (Wildman–Crippen LogP) is 4.02. The molecule has 3 aromatic heterocycles. The third-order valence-corrected chi connectivity index (χ3v) is 9.10.